The highest BCUT2D eigenvalue weighted by Crippen LogP contribution is 2.16. The van der Waals surface area contributed by atoms with E-state index in [0.717, 1.165) is 24.4 Å². The number of aryl methyl sites for hydroxylation is 1. The summed E-state index contributed by atoms with van der Waals surface area (Å²) in [7, 11) is 1.92. The van der Waals surface area contributed by atoms with Crippen molar-refractivity contribution in [3.05, 3.63) is 78.4 Å². The molecule has 8 heteroatoms. The van der Waals surface area contributed by atoms with E-state index in [-0.39, 0.29) is 18.0 Å². The van der Waals surface area contributed by atoms with Crippen LogP contribution in [0.4, 0.5) is 10.5 Å². The lowest BCUT2D eigenvalue weighted by molar-refractivity contribution is 0.0919. The number of imidazole rings is 1. The van der Waals surface area contributed by atoms with Crippen LogP contribution >= 0.6 is 0 Å². The number of hydrogen-bond acceptors (Lipinski definition) is 4. The average Bonchev–Trinajstić information content (AvgIpc) is 3.23. The van der Waals surface area contributed by atoms with Crippen molar-refractivity contribution in [1.82, 2.24) is 19.8 Å². The zero-order valence-electron chi connectivity index (χ0n) is 18.0. The molecule has 2 aromatic carbocycles. The number of ether oxygens (including phenoxy) is 1. The molecule has 0 atom stereocenters. The Bertz CT molecular complexity index is 1040. The summed E-state index contributed by atoms with van der Waals surface area (Å²) in [5, 5.41) is 5.98. The summed E-state index contributed by atoms with van der Waals surface area (Å²) >= 11 is 0. The predicted octanol–water partition coefficient (Wildman–Crippen LogP) is 3.43. The lowest BCUT2D eigenvalue weighted by Crippen LogP contribution is -2.47. The minimum Gasteiger partial charge on any atom is -0.486 e. The Labute approximate surface area is 187 Å². The van der Waals surface area contributed by atoms with Crippen molar-refractivity contribution in [2.45, 2.75) is 25.5 Å². The number of nitrogens with zero attached hydrogens (tertiary/aromatic N) is 3. The van der Waals surface area contributed by atoms with Crippen LogP contribution in [-0.2, 0) is 13.7 Å². The topological polar surface area (TPSA) is 88.5 Å². The van der Waals surface area contributed by atoms with Crippen LogP contribution in [0.15, 0.2) is 67.0 Å². The normalized spacial score (nSPS) is 14.1. The number of nitrogens with one attached hydrogen (secondary N) is 2. The van der Waals surface area contributed by atoms with Crippen LogP contribution < -0.4 is 15.4 Å². The first-order chi connectivity index (χ1) is 15.6. The second kappa shape index (κ2) is 10.00. The van der Waals surface area contributed by atoms with Crippen molar-refractivity contribution < 1.29 is 14.3 Å². The Hall–Kier alpha value is -3.81. The lowest BCUT2D eigenvalue weighted by Gasteiger charge is -2.32. The SMILES string of the molecule is Cn1ccnc1COc1ccc(C(=O)NC2CCN(C(=O)Nc3ccccc3)CC2)cc1. The maximum absolute atomic E-state index is 12.6. The van der Waals surface area contributed by atoms with Gasteiger partial charge in [0.25, 0.3) is 5.91 Å². The Kier molecular flexibility index (Phi) is 6.69. The number of carbonyl (C=O) groups excluding carboxylic acids is 2. The van der Waals surface area contributed by atoms with Gasteiger partial charge in [-0.2, -0.15) is 0 Å². The minimum atomic E-state index is -0.118. The summed E-state index contributed by atoms with van der Waals surface area (Å²) < 4.78 is 7.64. The molecular weight excluding hydrogens is 406 g/mol. The zero-order chi connectivity index (χ0) is 22.3. The highest BCUT2D eigenvalue weighted by molar-refractivity contribution is 5.94. The maximum atomic E-state index is 12.6. The van der Waals surface area contributed by atoms with E-state index < -0.39 is 0 Å². The highest BCUT2D eigenvalue weighted by atomic mass is 16.5. The molecule has 1 aliphatic rings. The molecule has 2 N–H and O–H groups in total. The first-order valence-corrected chi connectivity index (χ1v) is 10.7. The number of anilines is 1. The van der Waals surface area contributed by atoms with Gasteiger partial charge in [0, 0.05) is 49.8 Å². The summed E-state index contributed by atoms with van der Waals surface area (Å²) in [5.41, 5.74) is 1.36. The van der Waals surface area contributed by atoms with Crippen LogP contribution in [0, 0.1) is 0 Å². The van der Waals surface area contributed by atoms with Gasteiger partial charge < -0.3 is 24.8 Å². The van der Waals surface area contributed by atoms with E-state index in [1.54, 1.807) is 35.4 Å². The van der Waals surface area contributed by atoms with Gasteiger partial charge >= 0.3 is 6.03 Å². The number of rotatable bonds is 6. The predicted molar refractivity (Wildman–Crippen MR) is 122 cm³/mol. The van der Waals surface area contributed by atoms with Crippen molar-refractivity contribution in [2.24, 2.45) is 7.05 Å². The van der Waals surface area contributed by atoms with E-state index in [1.165, 1.54) is 0 Å². The summed E-state index contributed by atoms with van der Waals surface area (Å²) in [6, 6.07) is 16.4. The monoisotopic (exact) mass is 433 g/mol. The number of para-hydroxylation sites is 1. The van der Waals surface area contributed by atoms with E-state index in [2.05, 4.69) is 15.6 Å². The van der Waals surface area contributed by atoms with Crippen LogP contribution in [0.1, 0.15) is 29.0 Å². The standard InChI is InChI=1S/C24H27N5O3/c1-28-16-13-25-22(28)17-32-21-9-7-18(8-10-21)23(30)26-20-11-14-29(15-12-20)24(31)27-19-5-3-2-4-6-19/h2-10,13,16,20H,11-12,14-15,17H2,1H3,(H,26,30)(H,27,31). The number of amides is 3. The third kappa shape index (κ3) is 5.46. The number of hydrogen-bond donors (Lipinski definition) is 2. The van der Waals surface area contributed by atoms with E-state index >= 15 is 0 Å². The molecule has 8 nitrogen and oxygen atoms in total. The Morgan fingerprint density at radius 2 is 1.78 bits per heavy atom. The van der Waals surface area contributed by atoms with Crippen molar-refractivity contribution in [2.75, 3.05) is 18.4 Å². The Morgan fingerprint density at radius 3 is 2.44 bits per heavy atom. The summed E-state index contributed by atoms with van der Waals surface area (Å²) in [6.07, 6.45) is 5.04. The van der Waals surface area contributed by atoms with Crippen molar-refractivity contribution in [3.63, 3.8) is 0 Å². The molecule has 0 aliphatic carbocycles. The van der Waals surface area contributed by atoms with E-state index in [0.29, 0.717) is 31.0 Å². The van der Waals surface area contributed by atoms with Gasteiger partial charge in [-0.3, -0.25) is 4.79 Å². The lowest BCUT2D eigenvalue weighted by atomic mass is 10.0. The van der Waals surface area contributed by atoms with Gasteiger partial charge in [-0.25, -0.2) is 9.78 Å². The van der Waals surface area contributed by atoms with Gasteiger partial charge in [-0.15, -0.1) is 0 Å². The fraction of sp³-hybridized carbons (Fsp3) is 0.292. The van der Waals surface area contributed by atoms with Gasteiger partial charge in [0.05, 0.1) is 0 Å². The van der Waals surface area contributed by atoms with Gasteiger partial charge in [-0.1, -0.05) is 18.2 Å². The fourth-order valence-corrected chi connectivity index (χ4v) is 3.61. The molecule has 3 amide bonds. The molecule has 0 radical (unpaired) electrons. The molecule has 166 valence electrons. The third-order valence-corrected chi connectivity index (χ3v) is 5.55. The Balaban J connectivity index is 1.22. The molecule has 32 heavy (non-hydrogen) atoms. The number of benzene rings is 2. The fourth-order valence-electron chi connectivity index (χ4n) is 3.61. The van der Waals surface area contributed by atoms with Crippen LogP contribution in [0.3, 0.4) is 0 Å². The van der Waals surface area contributed by atoms with Gasteiger partial charge in [0.2, 0.25) is 0 Å². The molecule has 1 aromatic heterocycles. The molecule has 1 aliphatic heterocycles. The van der Waals surface area contributed by atoms with E-state index in [1.807, 2.05) is 48.1 Å². The molecule has 0 spiro atoms. The number of urea groups is 1. The summed E-state index contributed by atoms with van der Waals surface area (Å²) in [6.45, 7) is 1.57. The van der Waals surface area contributed by atoms with Crippen LogP contribution in [-0.4, -0.2) is 45.5 Å². The first kappa shape index (κ1) is 21.4. The third-order valence-electron chi connectivity index (χ3n) is 5.55. The van der Waals surface area contributed by atoms with Gasteiger partial charge in [0.1, 0.15) is 18.2 Å². The molecule has 3 aromatic rings. The number of aromatic nitrogens is 2. The van der Waals surface area contributed by atoms with Gasteiger partial charge in [-0.05, 0) is 49.2 Å². The second-order valence-corrected chi connectivity index (χ2v) is 7.80. The average molecular weight is 434 g/mol. The highest BCUT2D eigenvalue weighted by Gasteiger charge is 2.24. The molecule has 0 saturated carbocycles. The summed E-state index contributed by atoms with van der Waals surface area (Å²) in [4.78, 5) is 31.0. The quantitative estimate of drug-likeness (QED) is 0.623. The molecule has 0 bridgehead atoms. The van der Waals surface area contributed by atoms with Gasteiger partial charge in [0.15, 0.2) is 0 Å². The van der Waals surface area contributed by atoms with Crippen molar-refractivity contribution >= 4 is 17.6 Å². The van der Waals surface area contributed by atoms with Crippen LogP contribution in [0.5, 0.6) is 5.75 Å². The maximum Gasteiger partial charge on any atom is 0.321 e. The Morgan fingerprint density at radius 1 is 1.06 bits per heavy atom. The molecule has 4 rings (SSSR count). The first-order valence-electron chi connectivity index (χ1n) is 10.7. The largest absolute Gasteiger partial charge is 0.486 e. The minimum absolute atomic E-state index is 0.0441. The molecule has 0 unspecified atom stereocenters. The summed E-state index contributed by atoms with van der Waals surface area (Å²) in [5.74, 6) is 1.39. The van der Waals surface area contributed by atoms with Crippen molar-refractivity contribution in [1.29, 1.82) is 0 Å². The molecule has 1 saturated heterocycles. The number of piperidine rings is 1. The number of carbonyl (C=O) groups is 2. The smallest absolute Gasteiger partial charge is 0.321 e. The molecule has 2 heterocycles. The van der Waals surface area contributed by atoms with E-state index in [4.69, 9.17) is 4.74 Å². The molecule has 1 fully saturated rings. The van der Waals surface area contributed by atoms with Crippen molar-refractivity contribution in [3.8, 4) is 5.75 Å². The van der Waals surface area contributed by atoms with Crippen LogP contribution in [0.2, 0.25) is 0 Å². The second-order valence-electron chi connectivity index (χ2n) is 7.80. The number of likely N-dealkylation sites (tertiary alicyclic amines) is 1. The van der Waals surface area contributed by atoms with E-state index in [9.17, 15) is 9.59 Å². The van der Waals surface area contributed by atoms with Crippen LogP contribution in [0.25, 0.3) is 0 Å². The molecular formula is C24H27N5O3. The zero-order valence-corrected chi connectivity index (χ0v) is 18.0.